The van der Waals surface area contributed by atoms with Gasteiger partial charge in [0.25, 0.3) is 0 Å². The maximum Gasteiger partial charge on any atom is 0.407 e. The lowest BCUT2D eigenvalue weighted by Gasteiger charge is -2.38. The van der Waals surface area contributed by atoms with Gasteiger partial charge < -0.3 is 14.7 Å². The van der Waals surface area contributed by atoms with Gasteiger partial charge in [-0.25, -0.2) is 9.18 Å². The van der Waals surface area contributed by atoms with E-state index in [9.17, 15) is 14.3 Å². The van der Waals surface area contributed by atoms with Crippen molar-refractivity contribution in [3.05, 3.63) is 27.5 Å². The largest absolute Gasteiger partial charge is 0.490 e. The van der Waals surface area contributed by atoms with Crippen LogP contribution in [0, 0.1) is 17.3 Å². The topological polar surface area (TPSA) is 53.0 Å². The fourth-order valence-corrected chi connectivity index (χ4v) is 4.03. The van der Waals surface area contributed by atoms with Crippen molar-refractivity contribution >= 4 is 30.1 Å². The number of fused-ring (bicyclic) bond motifs is 2. The standard InChI is InChI=1S/C18H22BrFN2O3Si/c1-26(2,3)7-4-14-16(19)15(20)8-12-9-21-5-6-22(18(23)24)10-13(21)11-25-17(12)14/h8,13H,5-6,9-11H2,1-3H3,(H,23,24)/t13-/m1/s1. The molecule has 0 aliphatic carbocycles. The first kappa shape index (κ1) is 19.2. The Hall–Kier alpha value is -1.56. The van der Waals surface area contributed by atoms with Gasteiger partial charge in [0.1, 0.15) is 26.2 Å². The van der Waals surface area contributed by atoms with E-state index < -0.39 is 14.2 Å². The lowest BCUT2D eigenvalue weighted by molar-refractivity contribution is 0.0502. The Morgan fingerprint density at radius 2 is 2.15 bits per heavy atom. The highest BCUT2D eigenvalue weighted by molar-refractivity contribution is 9.10. The quantitative estimate of drug-likeness (QED) is 0.496. The summed E-state index contributed by atoms with van der Waals surface area (Å²) in [6.07, 6.45) is -0.915. The first-order chi connectivity index (χ1) is 12.2. The number of carboxylic acid groups (broad SMARTS) is 1. The van der Waals surface area contributed by atoms with E-state index in [4.69, 9.17) is 4.74 Å². The number of benzene rings is 1. The van der Waals surface area contributed by atoms with Gasteiger partial charge in [-0.2, -0.15) is 0 Å². The minimum absolute atomic E-state index is 0.0492. The molecule has 2 aliphatic rings. The van der Waals surface area contributed by atoms with Crippen molar-refractivity contribution in [2.24, 2.45) is 0 Å². The third-order valence-electron chi connectivity index (χ3n) is 4.48. The maximum atomic E-state index is 14.4. The fraction of sp³-hybridized carbons (Fsp3) is 0.500. The molecule has 1 N–H and O–H groups in total. The Morgan fingerprint density at radius 1 is 1.42 bits per heavy atom. The molecule has 1 amide bonds. The minimum Gasteiger partial charge on any atom is -0.490 e. The summed E-state index contributed by atoms with van der Waals surface area (Å²) in [7, 11) is -1.63. The van der Waals surface area contributed by atoms with Crippen LogP contribution in [-0.4, -0.2) is 61.4 Å². The van der Waals surface area contributed by atoms with Gasteiger partial charge in [-0.05, 0) is 22.0 Å². The smallest absolute Gasteiger partial charge is 0.407 e. The van der Waals surface area contributed by atoms with Crippen LogP contribution in [-0.2, 0) is 6.54 Å². The van der Waals surface area contributed by atoms with Gasteiger partial charge in [-0.15, -0.1) is 5.54 Å². The Balaban J connectivity index is 1.97. The number of halogens is 2. The van der Waals surface area contributed by atoms with Gasteiger partial charge in [0.2, 0.25) is 0 Å². The highest BCUT2D eigenvalue weighted by Crippen LogP contribution is 2.36. The van der Waals surface area contributed by atoms with Crippen LogP contribution < -0.4 is 4.74 Å². The molecule has 2 heterocycles. The van der Waals surface area contributed by atoms with Gasteiger partial charge in [-0.1, -0.05) is 25.6 Å². The van der Waals surface area contributed by atoms with Crippen molar-refractivity contribution in [1.82, 2.24) is 9.80 Å². The molecule has 2 aliphatic heterocycles. The van der Waals surface area contributed by atoms with Crippen LogP contribution in [0.5, 0.6) is 5.75 Å². The molecule has 1 saturated heterocycles. The second-order valence-corrected chi connectivity index (χ2v) is 13.2. The summed E-state index contributed by atoms with van der Waals surface area (Å²) in [5.74, 6) is 3.39. The predicted molar refractivity (Wildman–Crippen MR) is 104 cm³/mol. The summed E-state index contributed by atoms with van der Waals surface area (Å²) >= 11 is 3.32. The molecule has 5 nitrogen and oxygen atoms in total. The molecule has 1 fully saturated rings. The van der Waals surface area contributed by atoms with Crippen LogP contribution in [0.15, 0.2) is 10.5 Å². The van der Waals surface area contributed by atoms with Crippen LogP contribution in [0.1, 0.15) is 11.1 Å². The van der Waals surface area contributed by atoms with Crippen molar-refractivity contribution in [2.75, 3.05) is 26.2 Å². The number of hydrogen-bond donors (Lipinski definition) is 1. The van der Waals surface area contributed by atoms with Crippen LogP contribution >= 0.6 is 15.9 Å². The monoisotopic (exact) mass is 440 g/mol. The van der Waals surface area contributed by atoms with Gasteiger partial charge in [0, 0.05) is 31.7 Å². The Labute approximate surface area is 162 Å². The number of carbonyl (C=O) groups is 1. The molecule has 1 aromatic carbocycles. The summed E-state index contributed by atoms with van der Waals surface area (Å²) in [5.41, 5.74) is 4.59. The molecular formula is C18H22BrFN2O3Si. The molecule has 26 heavy (non-hydrogen) atoms. The molecule has 8 heteroatoms. The molecule has 0 spiro atoms. The zero-order valence-corrected chi connectivity index (χ0v) is 17.7. The number of rotatable bonds is 0. The molecule has 0 saturated carbocycles. The van der Waals surface area contributed by atoms with Gasteiger partial charge in [0.05, 0.1) is 16.1 Å². The van der Waals surface area contributed by atoms with E-state index in [2.05, 4.69) is 51.9 Å². The average molecular weight is 441 g/mol. The number of ether oxygens (including phenoxy) is 1. The number of piperazine rings is 1. The molecule has 1 aromatic rings. The molecule has 0 unspecified atom stereocenters. The third kappa shape index (κ3) is 4.05. The van der Waals surface area contributed by atoms with E-state index in [0.717, 1.165) is 5.56 Å². The van der Waals surface area contributed by atoms with Crippen molar-refractivity contribution in [3.63, 3.8) is 0 Å². The molecule has 0 radical (unpaired) electrons. The number of nitrogens with zero attached hydrogens (tertiary/aromatic N) is 2. The number of hydrogen-bond acceptors (Lipinski definition) is 3. The third-order valence-corrected chi connectivity index (χ3v) is 6.13. The first-order valence-electron chi connectivity index (χ1n) is 8.54. The SMILES string of the molecule is C[Si](C)(C)C#Cc1c(Br)c(F)cc2c1OC[C@H]1CN(C(=O)O)CCN1C2. The molecule has 0 aromatic heterocycles. The van der Waals surface area contributed by atoms with Crippen LogP contribution in [0.3, 0.4) is 0 Å². The number of amides is 1. The van der Waals surface area contributed by atoms with E-state index >= 15 is 0 Å². The lowest BCUT2D eigenvalue weighted by atomic mass is 10.1. The lowest BCUT2D eigenvalue weighted by Crippen LogP contribution is -2.55. The predicted octanol–water partition coefficient (Wildman–Crippen LogP) is 3.37. The molecule has 1 atom stereocenters. The summed E-state index contributed by atoms with van der Waals surface area (Å²) in [5, 5.41) is 9.23. The van der Waals surface area contributed by atoms with Gasteiger partial charge in [-0.3, -0.25) is 4.90 Å². The Bertz CT molecular complexity index is 800. The summed E-state index contributed by atoms with van der Waals surface area (Å²) in [4.78, 5) is 14.8. The van der Waals surface area contributed by atoms with Crippen molar-refractivity contribution in [3.8, 4) is 17.2 Å². The zero-order valence-electron chi connectivity index (χ0n) is 15.1. The Morgan fingerprint density at radius 3 is 2.81 bits per heavy atom. The summed E-state index contributed by atoms with van der Waals surface area (Å²) in [6.45, 7) is 8.73. The average Bonchev–Trinajstić information content (AvgIpc) is 2.72. The van der Waals surface area contributed by atoms with Gasteiger partial charge >= 0.3 is 6.09 Å². The van der Waals surface area contributed by atoms with Crippen molar-refractivity contribution in [2.45, 2.75) is 32.2 Å². The second kappa shape index (κ2) is 7.22. The van der Waals surface area contributed by atoms with Crippen LogP contribution in [0.2, 0.25) is 19.6 Å². The minimum atomic E-state index is -1.63. The molecule has 3 rings (SSSR count). The van der Waals surface area contributed by atoms with Gasteiger partial charge in [0.15, 0.2) is 0 Å². The summed E-state index contributed by atoms with van der Waals surface area (Å²) < 4.78 is 20.8. The Kier molecular flexibility index (Phi) is 5.33. The van der Waals surface area contributed by atoms with E-state index in [0.29, 0.717) is 48.6 Å². The molecule has 0 bridgehead atoms. The highest BCUT2D eigenvalue weighted by Gasteiger charge is 2.33. The second-order valence-electron chi connectivity index (χ2n) is 7.70. The maximum absolute atomic E-state index is 14.4. The van der Waals surface area contributed by atoms with E-state index in [1.807, 2.05) is 0 Å². The highest BCUT2D eigenvalue weighted by atomic mass is 79.9. The summed E-state index contributed by atoms with van der Waals surface area (Å²) in [6, 6.07) is 1.44. The fourth-order valence-electron chi connectivity index (χ4n) is 3.14. The zero-order chi connectivity index (χ0) is 19.1. The van der Waals surface area contributed by atoms with E-state index in [1.54, 1.807) is 0 Å². The van der Waals surface area contributed by atoms with Crippen molar-refractivity contribution in [1.29, 1.82) is 0 Å². The van der Waals surface area contributed by atoms with Crippen molar-refractivity contribution < 1.29 is 19.0 Å². The normalized spacial score (nSPS) is 20.2. The van der Waals surface area contributed by atoms with Crippen LogP contribution in [0.4, 0.5) is 9.18 Å². The first-order valence-corrected chi connectivity index (χ1v) is 12.8. The van der Waals surface area contributed by atoms with E-state index in [1.165, 1.54) is 11.0 Å². The molecular weight excluding hydrogens is 419 g/mol. The van der Waals surface area contributed by atoms with Crippen LogP contribution in [0.25, 0.3) is 0 Å². The van der Waals surface area contributed by atoms with E-state index in [-0.39, 0.29) is 11.9 Å². The molecule has 140 valence electrons.